The summed E-state index contributed by atoms with van der Waals surface area (Å²) >= 11 is 3.72. The van der Waals surface area contributed by atoms with Crippen molar-refractivity contribution in [3.05, 3.63) is 74.1 Å². The third-order valence-electron chi connectivity index (χ3n) is 5.40. The van der Waals surface area contributed by atoms with Crippen molar-refractivity contribution in [1.82, 2.24) is 4.90 Å². The summed E-state index contributed by atoms with van der Waals surface area (Å²) in [5.41, 5.74) is 2.50. The van der Waals surface area contributed by atoms with Crippen LogP contribution in [0.3, 0.4) is 0 Å². The largest absolute Gasteiger partial charge is 0.508 e. The van der Waals surface area contributed by atoms with E-state index in [1.54, 1.807) is 0 Å². The quantitative estimate of drug-likeness (QED) is 0.609. The van der Waals surface area contributed by atoms with E-state index in [1.807, 2.05) is 34.8 Å². The van der Waals surface area contributed by atoms with Crippen LogP contribution in [0.25, 0.3) is 0 Å². The first-order valence-electron chi connectivity index (χ1n) is 9.38. The van der Waals surface area contributed by atoms with Gasteiger partial charge < -0.3 is 5.11 Å². The summed E-state index contributed by atoms with van der Waals surface area (Å²) in [7, 11) is 0. The molecule has 0 spiro atoms. The number of aromatic hydroxyl groups is 1. The Labute approximate surface area is 163 Å². The van der Waals surface area contributed by atoms with Gasteiger partial charge in [0.1, 0.15) is 5.75 Å². The van der Waals surface area contributed by atoms with Gasteiger partial charge in [0, 0.05) is 28.9 Å². The molecule has 1 aromatic carbocycles. The molecule has 0 aliphatic heterocycles. The highest BCUT2D eigenvalue weighted by molar-refractivity contribution is 7.10. The zero-order chi connectivity index (χ0) is 17.8. The van der Waals surface area contributed by atoms with Gasteiger partial charge in [-0.3, -0.25) is 4.90 Å². The molecule has 0 fully saturated rings. The van der Waals surface area contributed by atoms with Crippen molar-refractivity contribution in [3.63, 3.8) is 0 Å². The predicted molar refractivity (Wildman–Crippen MR) is 112 cm³/mol. The van der Waals surface area contributed by atoms with Gasteiger partial charge in [-0.1, -0.05) is 24.3 Å². The van der Waals surface area contributed by atoms with Gasteiger partial charge in [-0.15, -0.1) is 22.7 Å². The molecule has 4 rings (SSSR count). The first-order chi connectivity index (χ1) is 12.8. The van der Waals surface area contributed by atoms with Crippen molar-refractivity contribution in [2.45, 2.75) is 38.1 Å². The van der Waals surface area contributed by atoms with Gasteiger partial charge in [-0.2, -0.15) is 0 Å². The van der Waals surface area contributed by atoms with E-state index in [9.17, 15) is 5.11 Å². The lowest BCUT2D eigenvalue weighted by molar-refractivity contribution is 0.183. The first-order valence-corrected chi connectivity index (χ1v) is 11.1. The fourth-order valence-corrected chi connectivity index (χ4v) is 5.37. The van der Waals surface area contributed by atoms with Gasteiger partial charge >= 0.3 is 0 Å². The summed E-state index contributed by atoms with van der Waals surface area (Å²) < 4.78 is 0. The summed E-state index contributed by atoms with van der Waals surface area (Å²) in [6, 6.07) is 15.4. The SMILES string of the molecule is Oc1cccc2c1CC[C@@H](N(CCc1cccs1)CCc1cccs1)C2. The van der Waals surface area contributed by atoms with E-state index in [2.05, 4.69) is 46.0 Å². The molecule has 0 radical (unpaired) electrons. The summed E-state index contributed by atoms with van der Waals surface area (Å²) in [6.07, 6.45) is 5.44. The van der Waals surface area contributed by atoms with Gasteiger partial charge in [0.15, 0.2) is 0 Å². The lowest BCUT2D eigenvalue weighted by Crippen LogP contribution is -2.41. The lowest BCUT2D eigenvalue weighted by atomic mass is 9.86. The Morgan fingerprint density at radius 2 is 1.62 bits per heavy atom. The van der Waals surface area contributed by atoms with Crippen LogP contribution in [0.1, 0.15) is 27.3 Å². The molecule has 0 bridgehead atoms. The molecule has 26 heavy (non-hydrogen) atoms. The highest BCUT2D eigenvalue weighted by atomic mass is 32.1. The Bertz CT molecular complexity index is 773. The molecule has 2 nitrogen and oxygen atoms in total. The van der Waals surface area contributed by atoms with Crippen molar-refractivity contribution < 1.29 is 5.11 Å². The maximum Gasteiger partial charge on any atom is 0.119 e. The number of phenols is 1. The van der Waals surface area contributed by atoms with E-state index in [0.717, 1.165) is 45.2 Å². The molecule has 1 aliphatic rings. The van der Waals surface area contributed by atoms with E-state index < -0.39 is 0 Å². The molecule has 1 N–H and O–H groups in total. The number of hydrogen-bond donors (Lipinski definition) is 1. The van der Waals surface area contributed by atoms with Crippen LogP contribution in [-0.4, -0.2) is 29.1 Å². The lowest BCUT2D eigenvalue weighted by Gasteiger charge is -2.35. The highest BCUT2D eigenvalue weighted by Gasteiger charge is 2.25. The molecule has 0 unspecified atom stereocenters. The minimum Gasteiger partial charge on any atom is -0.508 e. The first kappa shape index (κ1) is 17.8. The highest BCUT2D eigenvalue weighted by Crippen LogP contribution is 2.31. The fraction of sp³-hybridized carbons (Fsp3) is 0.364. The second-order valence-corrected chi connectivity index (χ2v) is 9.07. The molecular formula is C22H25NOS2. The van der Waals surface area contributed by atoms with Crippen LogP contribution in [0.2, 0.25) is 0 Å². The average Bonchev–Trinajstić information content (AvgIpc) is 3.36. The van der Waals surface area contributed by atoms with E-state index in [-0.39, 0.29) is 0 Å². The number of rotatable bonds is 7. The summed E-state index contributed by atoms with van der Waals surface area (Å²) in [5.74, 6) is 0.477. The topological polar surface area (TPSA) is 23.5 Å². The van der Waals surface area contributed by atoms with Crippen LogP contribution >= 0.6 is 22.7 Å². The van der Waals surface area contributed by atoms with E-state index in [4.69, 9.17) is 0 Å². The fourth-order valence-electron chi connectivity index (χ4n) is 3.97. The molecule has 1 aliphatic carbocycles. The van der Waals surface area contributed by atoms with E-state index >= 15 is 0 Å². The van der Waals surface area contributed by atoms with Crippen molar-refractivity contribution in [3.8, 4) is 5.75 Å². The maximum atomic E-state index is 10.1. The summed E-state index contributed by atoms with van der Waals surface area (Å²) in [5, 5.41) is 14.5. The molecular weight excluding hydrogens is 358 g/mol. The second kappa shape index (κ2) is 8.38. The Kier molecular flexibility index (Phi) is 5.73. The maximum absolute atomic E-state index is 10.1. The molecule has 1 atom stereocenters. The Hall–Kier alpha value is -1.62. The molecule has 2 aromatic heterocycles. The molecule has 0 saturated carbocycles. The van der Waals surface area contributed by atoms with Crippen molar-refractivity contribution in [2.75, 3.05) is 13.1 Å². The number of benzene rings is 1. The Morgan fingerprint density at radius 1 is 0.923 bits per heavy atom. The minimum atomic E-state index is 0.477. The average molecular weight is 384 g/mol. The monoisotopic (exact) mass is 383 g/mol. The molecule has 136 valence electrons. The van der Waals surface area contributed by atoms with Gasteiger partial charge in [0.05, 0.1) is 0 Å². The Balaban J connectivity index is 1.46. The normalized spacial score (nSPS) is 16.7. The standard InChI is InChI=1S/C22H25NOS2/c24-22-7-1-4-17-16-18(8-9-21(17)22)23(12-10-19-5-2-14-25-19)13-11-20-6-3-15-26-20/h1-7,14-15,18,24H,8-13,16H2/t18-/m1/s1. The van der Waals surface area contributed by atoms with Crippen molar-refractivity contribution in [1.29, 1.82) is 0 Å². The van der Waals surface area contributed by atoms with E-state index in [1.165, 1.54) is 20.9 Å². The number of phenolic OH excluding ortho intramolecular Hbond substituents is 1. The summed E-state index contributed by atoms with van der Waals surface area (Å²) in [4.78, 5) is 5.63. The molecule has 0 amide bonds. The number of hydrogen-bond acceptors (Lipinski definition) is 4. The second-order valence-electron chi connectivity index (χ2n) is 7.01. The zero-order valence-electron chi connectivity index (χ0n) is 14.9. The minimum absolute atomic E-state index is 0.477. The van der Waals surface area contributed by atoms with Crippen LogP contribution in [0.15, 0.2) is 53.2 Å². The smallest absolute Gasteiger partial charge is 0.119 e. The number of thiophene rings is 2. The summed E-state index contributed by atoms with van der Waals surface area (Å²) in [6.45, 7) is 2.23. The van der Waals surface area contributed by atoms with Gasteiger partial charge in [0.25, 0.3) is 0 Å². The van der Waals surface area contributed by atoms with Crippen molar-refractivity contribution in [2.24, 2.45) is 0 Å². The number of fused-ring (bicyclic) bond motifs is 1. The molecule has 0 saturated heterocycles. The van der Waals surface area contributed by atoms with Gasteiger partial charge in [-0.05, 0) is 72.2 Å². The molecule has 2 heterocycles. The Morgan fingerprint density at radius 3 is 2.23 bits per heavy atom. The van der Waals surface area contributed by atoms with Crippen LogP contribution < -0.4 is 0 Å². The van der Waals surface area contributed by atoms with Crippen molar-refractivity contribution >= 4 is 22.7 Å². The number of nitrogens with zero attached hydrogens (tertiary/aromatic N) is 1. The van der Waals surface area contributed by atoms with Crippen LogP contribution in [-0.2, 0) is 25.7 Å². The van der Waals surface area contributed by atoms with Crippen LogP contribution in [0, 0.1) is 0 Å². The third kappa shape index (κ3) is 4.20. The zero-order valence-corrected chi connectivity index (χ0v) is 16.6. The molecule has 4 heteroatoms. The van der Waals surface area contributed by atoms with E-state index in [0.29, 0.717) is 11.8 Å². The third-order valence-corrected chi connectivity index (χ3v) is 7.27. The van der Waals surface area contributed by atoms with Gasteiger partial charge in [0.2, 0.25) is 0 Å². The van der Waals surface area contributed by atoms with Crippen LogP contribution in [0.5, 0.6) is 5.75 Å². The predicted octanol–water partition coefficient (Wildman–Crippen LogP) is 5.16. The molecule has 3 aromatic rings. The van der Waals surface area contributed by atoms with Crippen LogP contribution in [0.4, 0.5) is 0 Å². The van der Waals surface area contributed by atoms with Gasteiger partial charge in [-0.25, -0.2) is 0 Å².